The molecule has 1 amide bonds. The minimum absolute atomic E-state index is 0.0346. The molecule has 9 heteroatoms. The lowest BCUT2D eigenvalue weighted by Crippen LogP contribution is -2.42. The molecule has 3 N–H and O–H groups in total. The molecule has 2 aromatic carbocycles. The fourth-order valence-corrected chi connectivity index (χ4v) is 4.53. The smallest absolute Gasteiger partial charge is 0.326 e. The number of amides is 1. The minimum atomic E-state index is -1.10. The first-order valence-electron chi connectivity index (χ1n) is 12.1. The molecule has 0 spiro atoms. The van der Waals surface area contributed by atoms with Gasteiger partial charge in [0.15, 0.2) is 0 Å². The van der Waals surface area contributed by atoms with Crippen LogP contribution in [-0.2, 0) is 22.4 Å². The number of anilines is 1. The molecule has 2 heterocycles. The summed E-state index contributed by atoms with van der Waals surface area (Å²) in [7, 11) is 0. The van der Waals surface area contributed by atoms with E-state index in [1.807, 2.05) is 49.4 Å². The molecule has 1 aliphatic heterocycles. The van der Waals surface area contributed by atoms with Crippen LogP contribution >= 0.6 is 11.6 Å². The lowest BCUT2D eigenvalue weighted by atomic mass is 9.98. The molecular weight excluding hydrogens is 492 g/mol. The number of aryl methyl sites for hydroxylation is 2. The normalized spacial score (nSPS) is 15.4. The van der Waals surface area contributed by atoms with Crippen LogP contribution in [-0.4, -0.2) is 53.1 Å². The molecule has 2 atom stereocenters. The summed E-state index contributed by atoms with van der Waals surface area (Å²) in [6.07, 6.45) is 2.47. The number of nitrogens with zero attached hydrogens (tertiary/aromatic N) is 2. The van der Waals surface area contributed by atoms with E-state index >= 15 is 0 Å². The Morgan fingerprint density at radius 1 is 1.19 bits per heavy atom. The molecule has 1 aromatic heterocycles. The molecule has 3 aromatic rings. The summed E-state index contributed by atoms with van der Waals surface area (Å²) in [5.74, 6) is -0.191. The lowest BCUT2D eigenvalue weighted by Gasteiger charge is -2.18. The van der Waals surface area contributed by atoms with Crippen LogP contribution in [0, 0.1) is 6.92 Å². The van der Waals surface area contributed by atoms with Gasteiger partial charge < -0.3 is 20.5 Å². The molecule has 8 nitrogen and oxygen atoms in total. The van der Waals surface area contributed by atoms with Crippen LogP contribution in [0.25, 0.3) is 0 Å². The number of hydrogen-bond donors (Lipinski definition) is 3. The van der Waals surface area contributed by atoms with E-state index in [-0.39, 0.29) is 12.5 Å². The maximum atomic E-state index is 13.0. The molecule has 4 rings (SSSR count). The van der Waals surface area contributed by atoms with Crippen molar-refractivity contribution in [2.24, 2.45) is 4.99 Å². The Balaban J connectivity index is 1.39. The fraction of sp³-hybridized carbons (Fsp3) is 0.286. The average Bonchev–Trinajstić information content (AvgIpc) is 3.36. The SMILES string of the molecule is CCc1cc(Cl)cc(C)c1C(=O)NC(Cc1ccc(C2=NC(CNc3ccccn3)CO2)cc1)C(=O)O. The van der Waals surface area contributed by atoms with Crippen molar-refractivity contribution in [3.05, 3.63) is 93.6 Å². The summed E-state index contributed by atoms with van der Waals surface area (Å²) in [6, 6.07) is 15.4. The second-order valence-corrected chi connectivity index (χ2v) is 9.31. The topological polar surface area (TPSA) is 113 Å². The largest absolute Gasteiger partial charge is 0.480 e. The lowest BCUT2D eigenvalue weighted by molar-refractivity contribution is -0.139. The molecular formula is C28H29ClN4O4. The number of hydrogen-bond acceptors (Lipinski definition) is 6. The van der Waals surface area contributed by atoms with E-state index in [0.717, 1.165) is 22.5 Å². The molecule has 0 aliphatic carbocycles. The van der Waals surface area contributed by atoms with E-state index in [9.17, 15) is 14.7 Å². The van der Waals surface area contributed by atoms with Crippen molar-refractivity contribution >= 4 is 35.2 Å². The first-order valence-corrected chi connectivity index (χ1v) is 12.5. The summed E-state index contributed by atoms with van der Waals surface area (Å²) in [4.78, 5) is 33.8. The number of nitrogens with one attached hydrogen (secondary N) is 2. The number of carboxylic acid groups (broad SMARTS) is 1. The quantitative estimate of drug-likeness (QED) is 0.367. The zero-order valence-electron chi connectivity index (χ0n) is 20.7. The Morgan fingerprint density at radius 3 is 2.65 bits per heavy atom. The number of carbonyl (C=O) groups is 2. The van der Waals surface area contributed by atoms with Crippen LogP contribution < -0.4 is 10.6 Å². The van der Waals surface area contributed by atoms with E-state index in [4.69, 9.17) is 16.3 Å². The van der Waals surface area contributed by atoms with Gasteiger partial charge in [-0.25, -0.2) is 14.8 Å². The fourth-order valence-electron chi connectivity index (χ4n) is 4.23. The maximum absolute atomic E-state index is 13.0. The Hall–Kier alpha value is -3.91. The van der Waals surface area contributed by atoms with Gasteiger partial charge in [-0.15, -0.1) is 0 Å². The summed E-state index contributed by atoms with van der Waals surface area (Å²) >= 11 is 6.13. The number of aliphatic imine (C=N–C) groups is 1. The number of rotatable bonds is 10. The highest BCUT2D eigenvalue weighted by atomic mass is 35.5. The van der Waals surface area contributed by atoms with Gasteiger partial charge >= 0.3 is 5.97 Å². The predicted octanol–water partition coefficient (Wildman–Crippen LogP) is 4.29. The molecule has 37 heavy (non-hydrogen) atoms. The first-order chi connectivity index (χ1) is 17.8. The number of pyridine rings is 1. The third-order valence-corrected chi connectivity index (χ3v) is 6.35. The molecule has 0 bridgehead atoms. The van der Waals surface area contributed by atoms with E-state index in [2.05, 4.69) is 20.6 Å². The van der Waals surface area contributed by atoms with E-state index in [1.165, 1.54) is 0 Å². The van der Waals surface area contributed by atoms with E-state index in [1.54, 1.807) is 25.3 Å². The maximum Gasteiger partial charge on any atom is 0.326 e. The Morgan fingerprint density at radius 2 is 1.97 bits per heavy atom. The van der Waals surface area contributed by atoms with E-state index < -0.39 is 17.9 Å². The van der Waals surface area contributed by atoms with Gasteiger partial charge in [-0.1, -0.05) is 36.7 Å². The van der Waals surface area contributed by atoms with Crippen molar-refractivity contribution in [1.29, 1.82) is 0 Å². The van der Waals surface area contributed by atoms with Gasteiger partial charge in [-0.2, -0.15) is 0 Å². The second-order valence-electron chi connectivity index (χ2n) is 8.87. The first kappa shape index (κ1) is 26.2. The second kappa shape index (κ2) is 11.9. The third-order valence-electron chi connectivity index (χ3n) is 6.13. The van der Waals surface area contributed by atoms with E-state index in [0.29, 0.717) is 41.6 Å². The van der Waals surface area contributed by atoms with Crippen molar-refractivity contribution in [1.82, 2.24) is 10.3 Å². The van der Waals surface area contributed by atoms with Crippen LogP contribution in [0.3, 0.4) is 0 Å². The number of carboxylic acids is 1. The molecule has 0 saturated carbocycles. The van der Waals surface area contributed by atoms with Gasteiger partial charge in [0.05, 0.1) is 0 Å². The van der Waals surface area contributed by atoms with Gasteiger partial charge in [0.1, 0.15) is 24.5 Å². The third kappa shape index (κ3) is 6.65. The number of halogens is 1. The molecule has 2 unspecified atom stereocenters. The highest BCUT2D eigenvalue weighted by Gasteiger charge is 2.24. The van der Waals surface area contributed by atoms with Crippen molar-refractivity contribution in [3.8, 4) is 0 Å². The zero-order valence-corrected chi connectivity index (χ0v) is 21.5. The molecule has 192 valence electrons. The van der Waals surface area contributed by atoms with Gasteiger partial charge in [-0.3, -0.25) is 4.79 Å². The number of ether oxygens (including phenoxy) is 1. The van der Waals surface area contributed by atoms with Crippen LogP contribution in [0.5, 0.6) is 0 Å². The minimum Gasteiger partial charge on any atom is -0.480 e. The van der Waals surface area contributed by atoms with Crippen molar-refractivity contribution in [2.75, 3.05) is 18.5 Å². The van der Waals surface area contributed by atoms with Crippen LogP contribution in [0.2, 0.25) is 5.02 Å². The standard InChI is InChI=1S/C28H29ClN4O4/c1-3-19-14-21(29)12-17(2)25(19)26(34)33-23(28(35)36)13-18-7-9-20(10-8-18)27-32-22(16-37-27)15-31-24-6-4-5-11-30-24/h4-12,14,22-23H,3,13,15-16H2,1-2H3,(H,30,31)(H,33,34)(H,35,36). The Bertz CT molecular complexity index is 1300. The number of carbonyl (C=O) groups excluding carboxylic acids is 1. The summed E-state index contributed by atoms with van der Waals surface area (Å²) in [5.41, 5.74) is 3.54. The van der Waals surface area contributed by atoms with Gasteiger partial charge in [-0.05, 0) is 66.4 Å². The van der Waals surface area contributed by atoms with Crippen molar-refractivity contribution < 1.29 is 19.4 Å². The monoisotopic (exact) mass is 520 g/mol. The highest BCUT2D eigenvalue weighted by molar-refractivity contribution is 6.30. The predicted molar refractivity (Wildman–Crippen MR) is 144 cm³/mol. The number of aromatic nitrogens is 1. The summed E-state index contributed by atoms with van der Waals surface area (Å²) in [6.45, 7) is 4.79. The van der Waals surface area contributed by atoms with Crippen molar-refractivity contribution in [3.63, 3.8) is 0 Å². The van der Waals surface area contributed by atoms with Crippen LogP contribution in [0.15, 0.2) is 65.8 Å². The number of benzene rings is 2. The number of aliphatic carboxylic acids is 1. The molecule has 0 radical (unpaired) electrons. The summed E-state index contributed by atoms with van der Waals surface area (Å²) in [5, 5.41) is 16.2. The van der Waals surface area contributed by atoms with Gasteiger partial charge in [0.2, 0.25) is 5.90 Å². The van der Waals surface area contributed by atoms with Gasteiger partial charge in [0.25, 0.3) is 5.91 Å². The summed E-state index contributed by atoms with van der Waals surface area (Å²) < 4.78 is 5.77. The molecule has 1 aliphatic rings. The van der Waals surface area contributed by atoms with Crippen LogP contribution in [0.1, 0.15) is 39.5 Å². The molecule has 0 saturated heterocycles. The van der Waals surface area contributed by atoms with Crippen molar-refractivity contribution in [2.45, 2.75) is 38.8 Å². The Labute approximate surface area is 220 Å². The van der Waals surface area contributed by atoms with Crippen LogP contribution in [0.4, 0.5) is 5.82 Å². The average molecular weight is 521 g/mol. The highest BCUT2D eigenvalue weighted by Crippen LogP contribution is 2.22. The molecule has 0 fully saturated rings. The Kier molecular flexibility index (Phi) is 8.40. The zero-order chi connectivity index (χ0) is 26.4. The van der Waals surface area contributed by atoms with Gasteiger partial charge in [0, 0.05) is 35.3 Å².